The zero-order valence-corrected chi connectivity index (χ0v) is 28.9. The predicted octanol–water partition coefficient (Wildman–Crippen LogP) is 14.1. The second-order valence-electron chi connectivity index (χ2n) is 13.4. The number of hydrogen-bond acceptors (Lipinski definition) is 1. The molecule has 9 aromatic rings. The average molecular weight is 664 g/mol. The lowest BCUT2D eigenvalue weighted by Gasteiger charge is -2.26. The summed E-state index contributed by atoms with van der Waals surface area (Å²) in [5.74, 6) is 0. The number of anilines is 3. The van der Waals surface area contributed by atoms with Gasteiger partial charge in [-0.1, -0.05) is 176 Å². The molecule has 0 unspecified atom stereocenters. The Morgan fingerprint density at radius 1 is 0.288 bits per heavy atom. The van der Waals surface area contributed by atoms with E-state index in [2.05, 4.69) is 217 Å². The molecule has 0 fully saturated rings. The van der Waals surface area contributed by atoms with Gasteiger partial charge in [-0.05, 0) is 109 Å². The van der Waals surface area contributed by atoms with E-state index < -0.39 is 0 Å². The first kappa shape index (κ1) is 31.3. The van der Waals surface area contributed by atoms with Crippen LogP contribution >= 0.6 is 0 Å². The van der Waals surface area contributed by atoms with E-state index in [1.165, 1.54) is 66.1 Å². The zero-order chi connectivity index (χ0) is 34.7. The van der Waals surface area contributed by atoms with Gasteiger partial charge in [-0.2, -0.15) is 0 Å². The maximum absolute atomic E-state index is 2.36. The molecular formula is C51H37N. The van der Waals surface area contributed by atoms with Crippen LogP contribution in [-0.4, -0.2) is 0 Å². The Morgan fingerprint density at radius 3 is 1.13 bits per heavy atom. The first-order valence-electron chi connectivity index (χ1n) is 18.0. The van der Waals surface area contributed by atoms with E-state index in [0.717, 1.165) is 23.5 Å². The third-order valence-corrected chi connectivity index (χ3v) is 10.1. The summed E-state index contributed by atoms with van der Waals surface area (Å²) in [5, 5.41) is 5.25. The van der Waals surface area contributed by atoms with E-state index in [1.807, 2.05) is 0 Å². The molecule has 0 atom stereocenters. The summed E-state index contributed by atoms with van der Waals surface area (Å²) in [7, 11) is 0. The topological polar surface area (TPSA) is 3.24 Å². The van der Waals surface area contributed by atoms with Gasteiger partial charge >= 0.3 is 0 Å². The predicted molar refractivity (Wildman–Crippen MR) is 222 cm³/mol. The molecule has 246 valence electrons. The molecule has 0 heterocycles. The molecule has 52 heavy (non-hydrogen) atoms. The van der Waals surface area contributed by atoms with Crippen molar-refractivity contribution < 1.29 is 0 Å². The summed E-state index contributed by atoms with van der Waals surface area (Å²) >= 11 is 0. The van der Waals surface area contributed by atoms with Gasteiger partial charge in [-0.15, -0.1) is 0 Å². The minimum atomic E-state index is 0.894. The van der Waals surface area contributed by atoms with Crippen molar-refractivity contribution in [1.82, 2.24) is 0 Å². The van der Waals surface area contributed by atoms with Crippen molar-refractivity contribution in [1.29, 1.82) is 0 Å². The van der Waals surface area contributed by atoms with Gasteiger partial charge < -0.3 is 4.90 Å². The van der Waals surface area contributed by atoms with Gasteiger partial charge in [-0.25, -0.2) is 0 Å². The second kappa shape index (κ2) is 13.9. The van der Waals surface area contributed by atoms with E-state index in [0.29, 0.717) is 0 Å². The quantitative estimate of drug-likeness (QED) is 0.146. The lowest BCUT2D eigenvalue weighted by molar-refractivity contribution is 1.22. The lowest BCUT2D eigenvalue weighted by atomic mass is 9.93. The van der Waals surface area contributed by atoms with Crippen LogP contribution in [0, 0.1) is 0 Å². The van der Waals surface area contributed by atoms with Crippen LogP contribution in [0.25, 0.3) is 54.9 Å². The van der Waals surface area contributed by atoms with Crippen LogP contribution < -0.4 is 4.90 Å². The Balaban J connectivity index is 1.01. The van der Waals surface area contributed by atoms with Crippen molar-refractivity contribution >= 4 is 38.6 Å². The van der Waals surface area contributed by atoms with Crippen molar-refractivity contribution in [3.63, 3.8) is 0 Å². The van der Waals surface area contributed by atoms with Gasteiger partial charge in [0.1, 0.15) is 0 Å². The minimum Gasteiger partial charge on any atom is -0.311 e. The van der Waals surface area contributed by atoms with Crippen LogP contribution in [-0.2, 0) is 6.42 Å². The molecule has 9 rings (SSSR count). The highest BCUT2D eigenvalue weighted by molar-refractivity contribution is 6.09. The normalized spacial score (nSPS) is 11.2. The maximum Gasteiger partial charge on any atom is 0.0462 e. The summed E-state index contributed by atoms with van der Waals surface area (Å²) in [5.41, 5.74) is 13.3. The molecule has 0 aliphatic carbocycles. The fourth-order valence-electron chi connectivity index (χ4n) is 7.43. The first-order chi connectivity index (χ1) is 25.8. The van der Waals surface area contributed by atoms with Crippen LogP contribution in [0.2, 0.25) is 0 Å². The van der Waals surface area contributed by atoms with Crippen LogP contribution in [0.5, 0.6) is 0 Å². The fraction of sp³-hybridized carbons (Fsp3) is 0.0196. The summed E-state index contributed by atoms with van der Waals surface area (Å²) in [6, 6.07) is 76.7. The Bertz CT molecular complexity index is 2500. The maximum atomic E-state index is 2.36. The lowest BCUT2D eigenvalue weighted by Crippen LogP contribution is -2.09. The molecule has 0 radical (unpaired) electrons. The number of benzene rings is 9. The molecule has 0 N–H and O–H groups in total. The third-order valence-electron chi connectivity index (χ3n) is 10.1. The molecule has 9 aromatic carbocycles. The van der Waals surface area contributed by atoms with E-state index in [1.54, 1.807) is 0 Å². The minimum absolute atomic E-state index is 0.894. The molecular weight excluding hydrogens is 627 g/mol. The molecule has 0 aromatic heterocycles. The van der Waals surface area contributed by atoms with Crippen LogP contribution in [0.1, 0.15) is 11.1 Å². The van der Waals surface area contributed by atoms with Crippen molar-refractivity contribution in [3.05, 3.63) is 223 Å². The molecule has 0 saturated carbocycles. The van der Waals surface area contributed by atoms with Crippen LogP contribution in [0.3, 0.4) is 0 Å². The highest BCUT2D eigenvalue weighted by atomic mass is 15.1. The van der Waals surface area contributed by atoms with Gasteiger partial charge in [0.2, 0.25) is 0 Å². The highest BCUT2D eigenvalue weighted by Gasteiger charge is 2.14. The number of nitrogens with zero attached hydrogens (tertiary/aromatic N) is 1. The molecule has 1 heteroatoms. The van der Waals surface area contributed by atoms with Crippen molar-refractivity contribution in [3.8, 4) is 33.4 Å². The second-order valence-corrected chi connectivity index (χ2v) is 13.4. The third kappa shape index (κ3) is 6.25. The summed E-state index contributed by atoms with van der Waals surface area (Å²) in [6.45, 7) is 0. The van der Waals surface area contributed by atoms with E-state index in [4.69, 9.17) is 0 Å². The van der Waals surface area contributed by atoms with E-state index >= 15 is 0 Å². The molecule has 1 nitrogen and oxygen atoms in total. The first-order valence-corrected chi connectivity index (χ1v) is 18.0. The monoisotopic (exact) mass is 663 g/mol. The van der Waals surface area contributed by atoms with Crippen molar-refractivity contribution in [2.24, 2.45) is 0 Å². The Morgan fingerprint density at radius 2 is 0.654 bits per heavy atom. The molecule has 0 amide bonds. The molecule has 0 saturated heterocycles. The number of rotatable bonds is 8. The largest absolute Gasteiger partial charge is 0.311 e. The molecule has 0 spiro atoms. The Labute approximate surface area is 305 Å². The average Bonchev–Trinajstić information content (AvgIpc) is 3.23. The van der Waals surface area contributed by atoms with Gasteiger partial charge in [0.25, 0.3) is 0 Å². The van der Waals surface area contributed by atoms with Gasteiger partial charge in [-0.3, -0.25) is 0 Å². The Kier molecular flexibility index (Phi) is 8.37. The van der Waals surface area contributed by atoms with Crippen molar-refractivity contribution in [2.45, 2.75) is 6.42 Å². The standard InChI is InChI=1S/C51H37N/c1-3-11-38(12-4-1)41-23-29-46(30-24-41)52(47-31-25-42(26-32-47)39-13-5-2-6-14-39)48-33-27-43(28-34-48)40-21-19-37(20-22-40)35-45-36-44-15-7-8-16-49(44)51-18-10-9-17-50(45)51/h1-34,36H,35H2. The number of fused-ring (bicyclic) bond motifs is 3. The molecule has 0 bridgehead atoms. The van der Waals surface area contributed by atoms with Gasteiger partial charge in [0, 0.05) is 17.1 Å². The van der Waals surface area contributed by atoms with Crippen LogP contribution in [0.15, 0.2) is 212 Å². The number of hydrogen-bond donors (Lipinski definition) is 0. The van der Waals surface area contributed by atoms with Crippen LogP contribution in [0.4, 0.5) is 17.1 Å². The smallest absolute Gasteiger partial charge is 0.0462 e. The van der Waals surface area contributed by atoms with E-state index in [-0.39, 0.29) is 0 Å². The molecule has 0 aliphatic rings. The van der Waals surface area contributed by atoms with Gasteiger partial charge in [0.15, 0.2) is 0 Å². The van der Waals surface area contributed by atoms with Crippen molar-refractivity contribution in [2.75, 3.05) is 4.90 Å². The summed E-state index contributed by atoms with van der Waals surface area (Å²) < 4.78 is 0. The van der Waals surface area contributed by atoms with Gasteiger partial charge in [0.05, 0.1) is 0 Å². The highest BCUT2D eigenvalue weighted by Crippen LogP contribution is 2.38. The summed E-state index contributed by atoms with van der Waals surface area (Å²) in [4.78, 5) is 2.34. The molecule has 0 aliphatic heterocycles. The summed E-state index contributed by atoms with van der Waals surface area (Å²) in [6.07, 6.45) is 0.894. The van der Waals surface area contributed by atoms with E-state index in [9.17, 15) is 0 Å². The SMILES string of the molecule is c1ccc(-c2ccc(N(c3ccc(-c4ccccc4)cc3)c3ccc(-c4ccc(Cc5cc6ccccc6c6ccccc56)cc4)cc3)cc2)cc1. The zero-order valence-electron chi connectivity index (χ0n) is 28.9. The Hall–Kier alpha value is -6.70. The fourth-order valence-corrected chi connectivity index (χ4v) is 7.43.